The van der Waals surface area contributed by atoms with Crippen LogP contribution in [0.2, 0.25) is 10.0 Å². The zero-order valence-corrected chi connectivity index (χ0v) is 19.4. The van der Waals surface area contributed by atoms with E-state index in [-0.39, 0.29) is 22.4 Å². The summed E-state index contributed by atoms with van der Waals surface area (Å²) in [6.45, 7) is 0. The second-order valence-electron chi connectivity index (χ2n) is 6.86. The number of anilines is 2. The van der Waals surface area contributed by atoms with Crippen LogP contribution in [-0.2, 0) is 10.0 Å². The summed E-state index contributed by atoms with van der Waals surface area (Å²) in [6, 6.07) is 18.8. The minimum Gasteiger partial charge on any atom is -0.403 e. The minimum atomic E-state index is -3.79. The SMILES string of the molecule is CN(c1ccccc1)S(=O)(=O)c1ccc(C(=O)Nc2nnc(-c3cc(Cl)cc(Cl)c3)o2)cc1. The lowest BCUT2D eigenvalue weighted by atomic mass is 10.2. The molecule has 8 nitrogen and oxygen atoms in total. The summed E-state index contributed by atoms with van der Waals surface area (Å²) < 4.78 is 32.4. The average molecular weight is 503 g/mol. The summed E-state index contributed by atoms with van der Waals surface area (Å²) >= 11 is 12.0. The van der Waals surface area contributed by atoms with E-state index < -0.39 is 15.9 Å². The van der Waals surface area contributed by atoms with Crippen molar-refractivity contribution in [3.8, 4) is 11.5 Å². The molecule has 1 heterocycles. The fraction of sp³-hybridized carbons (Fsp3) is 0.0455. The number of sulfonamides is 1. The van der Waals surface area contributed by atoms with Crippen LogP contribution in [0.1, 0.15) is 10.4 Å². The molecule has 0 bridgehead atoms. The van der Waals surface area contributed by atoms with E-state index in [9.17, 15) is 13.2 Å². The number of nitrogens with one attached hydrogen (secondary N) is 1. The summed E-state index contributed by atoms with van der Waals surface area (Å²) in [5.41, 5.74) is 1.23. The molecule has 0 unspecified atom stereocenters. The molecule has 0 atom stereocenters. The van der Waals surface area contributed by atoms with Crippen LogP contribution in [0.25, 0.3) is 11.5 Å². The van der Waals surface area contributed by atoms with Crippen LogP contribution in [0.4, 0.5) is 11.7 Å². The van der Waals surface area contributed by atoms with Crippen molar-refractivity contribution in [2.24, 2.45) is 0 Å². The van der Waals surface area contributed by atoms with E-state index in [0.29, 0.717) is 21.3 Å². The Morgan fingerprint density at radius 1 is 0.939 bits per heavy atom. The Kier molecular flexibility index (Phi) is 6.37. The Morgan fingerprint density at radius 3 is 2.21 bits per heavy atom. The molecule has 168 valence electrons. The molecule has 1 amide bonds. The first-order valence-corrected chi connectivity index (χ1v) is 11.7. The van der Waals surface area contributed by atoms with Crippen LogP contribution < -0.4 is 9.62 Å². The number of rotatable bonds is 6. The average Bonchev–Trinajstić information content (AvgIpc) is 3.27. The standard InChI is InChI=1S/C22H16Cl2N4O4S/c1-28(18-5-3-2-4-6-18)33(30,31)19-9-7-14(8-10-19)20(29)25-22-27-26-21(32-22)15-11-16(23)13-17(24)12-15/h2-13H,1H3,(H,25,27,29). The van der Waals surface area contributed by atoms with Gasteiger partial charge in [-0.05, 0) is 54.6 Å². The Bertz CT molecular complexity index is 1390. The lowest BCUT2D eigenvalue weighted by Crippen LogP contribution is -2.26. The van der Waals surface area contributed by atoms with Gasteiger partial charge in [0.05, 0.1) is 10.6 Å². The van der Waals surface area contributed by atoms with E-state index >= 15 is 0 Å². The molecule has 0 radical (unpaired) electrons. The van der Waals surface area contributed by atoms with Gasteiger partial charge in [0.25, 0.3) is 15.9 Å². The third-order valence-electron chi connectivity index (χ3n) is 4.65. The van der Waals surface area contributed by atoms with Gasteiger partial charge in [-0.2, -0.15) is 0 Å². The van der Waals surface area contributed by atoms with Gasteiger partial charge in [0.15, 0.2) is 0 Å². The van der Waals surface area contributed by atoms with Crippen LogP contribution in [-0.4, -0.2) is 31.6 Å². The van der Waals surface area contributed by atoms with Crippen molar-refractivity contribution in [1.29, 1.82) is 0 Å². The number of amides is 1. The molecule has 0 saturated carbocycles. The van der Waals surface area contributed by atoms with E-state index in [2.05, 4.69) is 15.5 Å². The molecule has 1 aromatic heterocycles. The molecule has 1 N–H and O–H groups in total. The van der Waals surface area contributed by atoms with Crippen molar-refractivity contribution < 1.29 is 17.6 Å². The summed E-state index contributed by atoms with van der Waals surface area (Å²) in [6.07, 6.45) is 0. The molecule has 0 aliphatic rings. The molecule has 0 fully saturated rings. The lowest BCUT2D eigenvalue weighted by Gasteiger charge is -2.19. The largest absolute Gasteiger partial charge is 0.403 e. The van der Waals surface area contributed by atoms with Gasteiger partial charge < -0.3 is 4.42 Å². The second kappa shape index (κ2) is 9.22. The number of halogens is 2. The quantitative estimate of drug-likeness (QED) is 0.392. The number of para-hydroxylation sites is 1. The third-order valence-corrected chi connectivity index (χ3v) is 6.89. The van der Waals surface area contributed by atoms with E-state index in [4.69, 9.17) is 27.6 Å². The first-order valence-electron chi connectivity index (χ1n) is 9.49. The summed E-state index contributed by atoms with van der Waals surface area (Å²) in [5.74, 6) is -0.422. The molecular formula is C22H16Cl2N4O4S. The second-order valence-corrected chi connectivity index (χ2v) is 9.70. The molecule has 0 saturated heterocycles. The van der Waals surface area contributed by atoms with Crippen LogP contribution >= 0.6 is 23.2 Å². The van der Waals surface area contributed by atoms with Gasteiger partial charge in [0.1, 0.15) is 0 Å². The molecule has 33 heavy (non-hydrogen) atoms. The number of aromatic nitrogens is 2. The molecule has 0 spiro atoms. The van der Waals surface area contributed by atoms with Crippen LogP contribution in [0.5, 0.6) is 0 Å². The number of hydrogen-bond donors (Lipinski definition) is 1. The maximum Gasteiger partial charge on any atom is 0.322 e. The summed E-state index contributed by atoms with van der Waals surface area (Å²) in [7, 11) is -2.32. The van der Waals surface area contributed by atoms with Gasteiger partial charge in [-0.1, -0.05) is 46.5 Å². The highest BCUT2D eigenvalue weighted by atomic mass is 35.5. The topological polar surface area (TPSA) is 105 Å². The van der Waals surface area contributed by atoms with Gasteiger partial charge >= 0.3 is 6.01 Å². The van der Waals surface area contributed by atoms with Crippen LogP contribution in [0.15, 0.2) is 82.1 Å². The molecule has 4 aromatic rings. The van der Waals surface area contributed by atoms with Crippen molar-refractivity contribution in [3.05, 3.63) is 88.4 Å². The number of carbonyl (C=O) groups excluding carboxylic acids is 1. The van der Waals surface area contributed by atoms with Gasteiger partial charge in [0.2, 0.25) is 5.89 Å². The Labute approximate surface area is 199 Å². The summed E-state index contributed by atoms with van der Waals surface area (Å²) in [5, 5.41) is 10.9. The van der Waals surface area contributed by atoms with Crippen molar-refractivity contribution >= 4 is 50.8 Å². The number of carbonyl (C=O) groups is 1. The van der Waals surface area contributed by atoms with Crippen molar-refractivity contribution in [2.75, 3.05) is 16.7 Å². The predicted octanol–water partition coefficient (Wildman–Crippen LogP) is 5.12. The first-order chi connectivity index (χ1) is 15.7. The van der Waals surface area contributed by atoms with Crippen LogP contribution in [0.3, 0.4) is 0 Å². The normalized spacial score (nSPS) is 11.2. The van der Waals surface area contributed by atoms with Gasteiger partial charge in [-0.25, -0.2) is 8.42 Å². The highest BCUT2D eigenvalue weighted by molar-refractivity contribution is 7.92. The molecular weight excluding hydrogens is 487 g/mol. The molecule has 4 rings (SSSR count). The Morgan fingerprint density at radius 2 is 1.58 bits per heavy atom. The first kappa shape index (κ1) is 22.8. The number of nitrogens with zero attached hydrogens (tertiary/aromatic N) is 3. The maximum atomic E-state index is 12.9. The highest BCUT2D eigenvalue weighted by Crippen LogP contribution is 2.27. The highest BCUT2D eigenvalue weighted by Gasteiger charge is 2.22. The summed E-state index contributed by atoms with van der Waals surface area (Å²) in [4.78, 5) is 12.6. The van der Waals surface area contributed by atoms with E-state index in [1.165, 1.54) is 35.6 Å². The van der Waals surface area contributed by atoms with Gasteiger partial charge in [-0.15, -0.1) is 5.10 Å². The Balaban J connectivity index is 1.48. The van der Waals surface area contributed by atoms with E-state index in [1.54, 1.807) is 48.5 Å². The molecule has 0 aliphatic heterocycles. The third kappa shape index (κ3) is 5.00. The number of hydrogen-bond acceptors (Lipinski definition) is 6. The lowest BCUT2D eigenvalue weighted by molar-refractivity contribution is 0.102. The zero-order chi connectivity index (χ0) is 23.6. The molecule has 3 aromatic carbocycles. The fourth-order valence-corrected chi connectivity index (χ4v) is 4.67. The van der Waals surface area contributed by atoms with E-state index in [1.807, 2.05) is 0 Å². The molecule has 0 aliphatic carbocycles. The van der Waals surface area contributed by atoms with Crippen molar-refractivity contribution in [3.63, 3.8) is 0 Å². The maximum absolute atomic E-state index is 12.9. The van der Waals surface area contributed by atoms with Gasteiger partial charge in [-0.3, -0.25) is 14.4 Å². The monoisotopic (exact) mass is 502 g/mol. The van der Waals surface area contributed by atoms with Crippen LogP contribution in [0, 0.1) is 0 Å². The molecule has 11 heteroatoms. The number of benzene rings is 3. The predicted molar refractivity (Wildman–Crippen MR) is 126 cm³/mol. The Hall–Kier alpha value is -3.40. The fourth-order valence-electron chi connectivity index (χ4n) is 2.95. The minimum absolute atomic E-state index is 0.0447. The van der Waals surface area contributed by atoms with Gasteiger partial charge in [0, 0.05) is 28.2 Å². The smallest absolute Gasteiger partial charge is 0.322 e. The zero-order valence-electron chi connectivity index (χ0n) is 17.1. The van der Waals surface area contributed by atoms with Crippen molar-refractivity contribution in [1.82, 2.24) is 10.2 Å². The van der Waals surface area contributed by atoms with E-state index in [0.717, 1.165) is 0 Å². The van der Waals surface area contributed by atoms with Crippen molar-refractivity contribution in [2.45, 2.75) is 4.90 Å².